The number of hydrogen-bond donors (Lipinski definition) is 0. The lowest BCUT2D eigenvalue weighted by atomic mass is 10.1. The summed E-state index contributed by atoms with van der Waals surface area (Å²) in [6.07, 6.45) is 0.799. The van der Waals surface area contributed by atoms with E-state index in [9.17, 15) is 4.79 Å². The molecule has 0 bridgehead atoms. The quantitative estimate of drug-likeness (QED) is 0.793. The smallest absolute Gasteiger partial charge is 0.229 e. The minimum atomic E-state index is -0.265. The highest BCUT2D eigenvalue weighted by Crippen LogP contribution is 2.36. The SMILES string of the molecule is Cc1ccc(C(=O)c2cc3c(cc2Cl)OCCCO3)o1. The Kier molecular flexibility index (Phi) is 3.40. The molecular formula is C15H13ClO4. The van der Waals surface area contributed by atoms with Crippen LogP contribution < -0.4 is 9.47 Å². The van der Waals surface area contributed by atoms with Crippen LogP contribution in [0.1, 0.15) is 28.3 Å². The van der Waals surface area contributed by atoms with Gasteiger partial charge in [0.1, 0.15) is 5.76 Å². The van der Waals surface area contributed by atoms with Crippen LogP contribution in [0.3, 0.4) is 0 Å². The first kappa shape index (κ1) is 13.1. The molecule has 0 unspecified atom stereocenters. The monoisotopic (exact) mass is 292 g/mol. The third-order valence-electron chi connectivity index (χ3n) is 3.05. The van der Waals surface area contributed by atoms with Crippen LogP contribution in [0.25, 0.3) is 0 Å². The van der Waals surface area contributed by atoms with Crippen molar-refractivity contribution in [3.05, 3.63) is 46.4 Å². The Labute approximate surface area is 121 Å². The molecule has 0 amide bonds. The fraction of sp³-hybridized carbons (Fsp3) is 0.267. The summed E-state index contributed by atoms with van der Waals surface area (Å²) in [4.78, 5) is 12.4. The second-order valence-corrected chi connectivity index (χ2v) is 4.98. The second-order valence-electron chi connectivity index (χ2n) is 4.57. The van der Waals surface area contributed by atoms with Gasteiger partial charge < -0.3 is 13.9 Å². The average Bonchev–Trinajstić information content (AvgIpc) is 2.73. The van der Waals surface area contributed by atoms with Gasteiger partial charge in [-0.15, -0.1) is 0 Å². The Morgan fingerprint density at radius 2 is 1.85 bits per heavy atom. The number of ketones is 1. The number of carbonyl (C=O) groups is 1. The summed E-state index contributed by atoms with van der Waals surface area (Å²) in [5, 5.41) is 0.327. The van der Waals surface area contributed by atoms with Crippen molar-refractivity contribution >= 4 is 17.4 Å². The van der Waals surface area contributed by atoms with Gasteiger partial charge in [-0.25, -0.2) is 0 Å². The van der Waals surface area contributed by atoms with Gasteiger partial charge in [-0.05, 0) is 25.1 Å². The van der Waals surface area contributed by atoms with Crippen LogP contribution in [-0.4, -0.2) is 19.0 Å². The minimum Gasteiger partial charge on any atom is -0.490 e. The zero-order chi connectivity index (χ0) is 14.1. The average molecular weight is 293 g/mol. The molecule has 3 rings (SSSR count). The van der Waals surface area contributed by atoms with Gasteiger partial charge in [-0.3, -0.25) is 4.79 Å². The summed E-state index contributed by atoms with van der Waals surface area (Å²) < 4.78 is 16.4. The normalized spacial score (nSPS) is 13.9. The molecule has 0 radical (unpaired) electrons. The van der Waals surface area contributed by atoms with Crippen molar-refractivity contribution < 1.29 is 18.7 Å². The molecule has 20 heavy (non-hydrogen) atoms. The van der Waals surface area contributed by atoms with Gasteiger partial charge in [0, 0.05) is 18.1 Å². The highest BCUT2D eigenvalue weighted by Gasteiger charge is 2.21. The number of fused-ring (bicyclic) bond motifs is 1. The Morgan fingerprint density at radius 3 is 2.50 bits per heavy atom. The van der Waals surface area contributed by atoms with Crippen molar-refractivity contribution in [2.75, 3.05) is 13.2 Å². The fourth-order valence-corrected chi connectivity index (χ4v) is 2.29. The number of ether oxygens (including phenoxy) is 2. The zero-order valence-corrected chi connectivity index (χ0v) is 11.7. The largest absolute Gasteiger partial charge is 0.490 e. The van der Waals surface area contributed by atoms with E-state index in [-0.39, 0.29) is 11.5 Å². The molecule has 0 fully saturated rings. The Morgan fingerprint density at radius 1 is 1.15 bits per heavy atom. The zero-order valence-electron chi connectivity index (χ0n) is 10.9. The van der Waals surface area contributed by atoms with Crippen molar-refractivity contribution in [2.24, 2.45) is 0 Å². The van der Waals surface area contributed by atoms with Crippen LogP contribution in [0.4, 0.5) is 0 Å². The molecule has 0 saturated carbocycles. The summed E-state index contributed by atoms with van der Waals surface area (Å²) in [5.74, 6) is 1.79. The van der Waals surface area contributed by atoms with Crippen molar-refractivity contribution in [2.45, 2.75) is 13.3 Å². The van der Waals surface area contributed by atoms with Gasteiger partial charge in [-0.2, -0.15) is 0 Å². The van der Waals surface area contributed by atoms with E-state index in [4.69, 9.17) is 25.5 Å². The van der Waals surface area contributed by atoms with E-state index in [0.717, 1.165) is 6.42 Å². The van der Waals surface area contributed by atoms with Crippen molar-refractivity contribution in [3.63, 3.8) is 0 Å². The molecule has 2 aromatic rings. The van der Waals surface area contributed by atoms with Gasteiger partial charge in [0.15, 0.2) is 17.3 Å². The molecule has 0 N–H and O–H groups in total. The summed E-state index contributed by atoms with van der Waals surface area (Å²) in [5.41, 5.74) is 0.352. The predicted molar refractivity (Wildman–Crippen MR) is 73.9 cm³/mol. The van der Waals surface area contributed by atoms with Gasteiger partial charge in [-0.1, -0.05) is 11.6 Å². The molecule has 1 aromatic carbocycles. The fourth-order valence-electron chi connectivity index (χ4n) is 2.05. The van der Waals surface area contributed by atoms with Crippen LogP contribution >= 0.6 is 11.6 Å². The molecule has 4 nitrogen and oxygen atoms in total. The maximum absolute atomic E-state index is 12.4. The molecule has 1 aliphatic heterocycles. The standard InChI is InChI=1S/C15H13ClO4/c1-9-3-4-12(20-9)15(17)10-7-13-14(8-11(10)16)19-6-2-5-18-13/h3-4,7-8H,2,5-6H2,1H3. The third kappa shape index (κ3) is 2.39. The van der Waals surface area contributed by atoms with Gasteiger partial charge in [0.05, 0.1) is 18.2 Å². The van der Waals surface area contributed by atoms with Crippen LogP contribution in [0.5, 0.6) is 11.5 Å². The Balaban J connectivity index is 2.01. The highest BCUT2D eigenvalue weighted by molar-refractivity contribution is 6.35. The van der Waals surface area contributed by atoms with Crippen LogP contribution in [-0.2, 0) is 0 Å². The van der Waals surface area contributed by atoms with Gasteiger partial charge in [0.25, 0.3) is 0 Å². The number of aryl methyl sites for hydroxylation is 1. The second kappa shape index (κ2) is 5.21. The van der Waals surface area contributed by atoms with Crippen molar-refractivity contribution in [3.8, 4) is 11.5 Å². The predicted octanol–water partition coefficient (Wildman–Crippen LogP) is 3.63. The topological polar surface area (TPSA) is 48.7 Å². The van der Waals surface area contributed by atoms with E-state index in [1.54, 1.807) is 31.2 Å². The molecule has 0 aliphatic carbocycles. The summed E-state index contributed by atoms with van der Waals surface area (Å²) >= 11 is 6.17. The first-order valence-electron chi connectivity index (χ1n) is 6.35. The van der Waals surface area contributed by atoms with Crippen molar-refractivity contribution in [1.82, 2.24) is 0 Å². The lowest BCUT2D eigenvalue weighted by molar-refractivity contribution is 0.101. The molecule has 0 saturated heterocycles. The van der Waals surface area contributed by atoms with Crippen LogP contribution in [0.15, 0.2) is 28.7 Å². The summed E-state index contributed by atoms with van der Waals surface area (Å²) in [7, 11) is 0. The molecule has 5 heteroatoms. The number of furan rings is 1. The van der Waals surface area contributed by atoms with Gasteiger partial charge in [0.2, 0.25) is 5.78 Å². The van der Waals surface area contributed by atoms with Crippen molar-refractivity contribution in [1.29, 1.82) is 0 Å². The number of carbonyl (C=O) groups excluding carboxylic acids is 1. The lowest BCUT2D eigenvalue weighted by Gasteiger charge is -2.10. The first-order valence-corrected chi connectivity index (χ1v) is 6.73. The molecule has 0 atom stereocenters. The maximum atomic E-state index is 12.4. The molecule has 2 heterocycles. The number of halogens is 1. The molecule has 104 valence electrons. The summed E-state index contributed by atoms with van der Waals surface area (Å²) in [6.45, 7) is 2.92. The number of hydrogen-bond acceptors (Lipinski definition) is 4. The van der Waals surface area contributed by atoms with E-state index in [0.29, 0.717) is 41.1 Å². The maximum Gasteiger partial charge on any atom is 0.229 e. The summed E-state index contributed by atoms with van der Waals surface area (Å²) in [6, 6.07) is 6.61. The van der Waals surface area contributed by atoms with Crippen LogP contribution in [0, 0.1) is 6.92 Å². The first-order chi connectivity index (χ1) is 9.65. The molecule has 0 spiro atoms. The van der Waals surface area contributed by atoms with Gasteiger partial charge >= 0.3 is 0 Å². The third-order valence-corrected chi connectivity index (χ3v) is 3.36. The van der Waals surface area contributed by atoms with Crippen LogP contribution in [0.2, 0.25) is 5.02 Å². The molecular weight excluding hydrogens is 280 g/mol. The van der Waals surface area contributed by atoms with E-state index >= 15 is 0 Å². The number of benzene rings is 1. The van der Waals surface area contributed by atoms with E-state index in [1.807, 2.05) is 0 Å². The van der Waals surface area contributed by atoms with E-state index in [2.05, 4.69) is 0 Å². The van der Waals surface area contributed by atoms with E-state index < -0.39 is 0 Å². The highest BCUT2D eigenvalue weighted by atomic mass is 35.5. The lowest BCUT2D eigenvalue weighted by Crippen LogP contribution is -2.02. The number of rotatable bonds is 2. The van der Waals surface area contributed by atoms with E-state index in [1.165, 1.54) is 0 Å². The molecule has 1 aliphatic rings. The molecule has 1 aromatic heterocycles. The Bertz CT molecular complexity index is 660. The Hall–Kier alpha value is -1.94. The minimum absolute atomic E-state index is 0.263.